The molecule has 0 radical (unpaired) electrons. The molecule has 0 aliphatic carbocycles. The fraction of sp³-hybridized carbons (Fsp3) is 0.250. The van der Waals surface area contributed by atoms with Gasteiger partial charge in [0.15, 0.2) is 0 Å². The standard InChI is InChI=1S/C24H22N4O/c1-24(2)11-10-22-27-21-13-16(6-8-18(21)23(29)28(22)15-24)17-7-9-20(26-14-17)19-5-3-4-12-25-19/h3-9,12-14H,10-11,15H2,1-2H3. The summed E-state index contributed by atoms with van der Waals surface area (Å²) in [5.41, 5.74) is 4.63. The van der Waals surface area contributed by atoms with Crippen LogP contribution in [0.1, 0.15) is 26.1 Å². The average molecular weight is 382 g/mol. The minimum atomic E-state index is 0.0629. The maximum Gasteiger partial charge on any atom is 0.261 e. The quantitative estimate of drug-likeness (QED) is 0.512. The Kier molecular flexibility index (Phi) is 4.05. The van der Waals surface area contributed by atoms with Crippen molar-refractivity contribution in [3.63, 3.8) is 0 Å². The number of pyridine rings is 2. The molecule has 144 valence electrons. The van der Waals surface area contributed by atoms with Gasteiger partial charge in [-0.25, -0.2) is 4.98 Å². The lowest BCUT2D eigenvalue weighted by Crippen LogP contribution is -2.36. The zero-order valence-electron chi connectivity index (χ0n) is 16.6. The van der Waals surface area contributed by atoms with Crippen molar-refractivity contribution in [2.24, 2.45) is 5.41 Å². The Morgan fingerprint density at radius 2 is 1.79 bits per heavy atom. The van der Waals surface area contributed by atoms with E-state index in [0.717, 1.165) is 53.2 Å². The van der Waals surface area contributed by atoms with Crippen molar-refractivity contribution in [3.8, 4) is 22.5 Å². The number of aromatic nitrogens is 4. The molecule has 0 atom stereocenters. The highest BCUT2D eigenvalue weighted by atomic mass is 16.1. The van der Waals surface area contributed by atoms with E-state index in [1.807, 2.05) is 59.3 Å². The molecule has 0 amide bonds. The summed E-state index contributed by atoms with van der Waals surface area (Å²) in [6.07, 6.45) is 5.49. The van der Waals surface area contributed by atoms with E-state index in [2.05, 4.69) is 23.8 Å². The molecule has 4 aromatic rings. The van der Waals surface area contributed by atoms with Gasteiger partial charge in [-0.05, 0) is 47.7 Å². The highest BCUT2D eigenvalue weighted by Gasteiger charge is 2.27. The number of hydrogen-bond donors (Lipinski definition) is 0. The van der Waals surface area contributed by atoms with Crippen LogP contribution in [0, 0.1) is 5.41 Å². The normalized spacial score (nSPS) is 15.2. The second-order valence-corrected chi connectivity index (χ2v) is 8.46. The fourth-order valence-corrected chi connectivity index (χ4v) is 3.99. The molecule has 0 fully saturated rings. The molecule has 3 aromatic heterocycles. The van der Waals surface area contributed by atoms with E-state index in [4.69, 9.17) is 4.98 Å². The van der Waals surface area contributed by atoms with E-state index in [9.17, 15) is 4.79 Å². The maximum absolute atomic E-state index is 13.0. The molecule has 1 aliphatic rings. The maximum atomic E-state index is 13.0. The molecule has 5 heteroatoms. The van der Waals surface area contributed by atoms with Crippen molar-refractivity contribution >= 4 is 10.9 Å². The largest absolute Gasteiger partial charge is 0.296 e. The topological polar surface area (TPSA) is 60.7 Å². The van der Waals surface area contributed by atoms with Crippen LogP contribution in [0.25, 0.3) is 33.4 Å². The predicted molar refractivity (Wildman–Crippen MR) is 115 cm³/mol. The van der Waals surface area contributed by atoms with Crippen LogP contribution in [-0.4, -0.2) is 19.5 Å². The van der Waals surface area contributed by atoms with Gasteiger partial charge in [0.2, 0.25) is 0 Å². The third-order valence-corrected chi connectivity index (χ3v) is 5.67. The van der Waals surface area contributed by atoms with Crippen LogP contribution in [0.4, 0.5) is 0 Å². The monoisotopic (exact) mass is 382 g/mol. The Morgan fingerprint density at radius 3 is 2.55 bits per heavy atom. The molecule has 0 saturated heterocycles. The van der Waals surface area contributed by atoms with Crippen molar-refractivity contribution in [1.29, 1.82) is 0 Å². The van der Waals surface area contributed by atoms with E-state index in [-0.39, 0.29) is 11.0 Å². The summed E-state index contributed by atoms with van der Waals surface area (Å²) >= 11 is 0. The van der Waals surface area contributed by atoms with E-state index in [0.29, 0.717) is 5.39 Å². The van der Waals surface area contributed by atoms with Crippen LogP contribution in [-0.2, 0) is 13.0 Å². The summed E-state index contributed by atoms with van der Waals surface area (Å²) in [4.78, 5) is 26.7. The third kappa shape index (κ3) is 3.23. The van der Waals surface area contributed by atoms with Crippen molar-refractivity contribution in [3.05, 3.63) is 77.1 Å². The van der Waals surface area contributed by atoms with Crippen LogP contribution in [0.5, 0.6) is 0 Å². The van der Waals surface area contributed by atoms with Gasteiger partial charge in [0.1, 0.15) is 5.82 Å². The molecule has 0 saturated carbocycles. The van der Waals surface area contributed by atoms with Crippen LogP contribution in [0.2, 0.25) is 0 Å². The molecule has 1 aliphatic heterocycles. The van der Waals surface area contributed by atoms with Gasteiger partial charge in [-0.2, -0.15) is 0 Å². The van der Waals surface area contributed by atoms with Gasteiger partial charge in [0.05, 0.1) is 22.3 Å². The van der Waals surface area contributed by atoms with Gasteiger partial charge in [-0.15, -0.1) is 0 Å². The van der Waals surface area contributed by atoms with Crippen molar-refractivity contribution < 1.29 is 0 Å². The number of rotatable bonds is 2. The Labute approximate surface area is 169 Å². The Hall–Kier alpha value is -3.34. The molecule has 4 heterocycles. The fourth-order valence-electron chi connectivity index (χ4n) is 3.99. The van der Waals surface area contributed by atoms with Gasteiger partial charge in [0.25, 0.3) is 5.56 Å². The van der Waals surface area contributed by atoms with E-state index >= 15 is 0 Å². The highest BCUT2D eigenvalue weighted by molar-refractivity contribution is 5.83. The minimum Gasteiger partial charge on any atom is -0.296 e. The SMILES string of the molecule is CC1(C)CCc2nc3cc(-c4ccc(-c5ccccn5)nc4)ccc3c(=O)n2C1. The minimum absolute atomic E-state index is 0.0629. The van der Waals surface area contributed by atoms with Crippen molar-refractivity contribution in [2.75, 3.05) is 0 Å². The number of benzene rings is 1. The summed E-state index contributed by atoms with van der Waals surface area (Å²) in [7, 11) is 0. The highest BCUT2D eigenvalue weighted by Crippen LogP contribution is 2.30. The molecule has 5 nitrogen and oxygen atoms in total. The van der Waals surface area contributed by atoms with Gasteiger partial charge in [0, 0.05) is 30.9 Å². The molecule has 0 N–H and O–H groups in total. The number of hydrogen-bond acceptors (Lipinski definition) is 4. The van der Waals surface area contributed by atoms with Crippen molar-refractivity contribution in [1.82, 2.24) is 19.5 Å². The zero-order chi connectivity index (χ0) is 20.0. The smallest absolute Gasteiger partial charge is 0.261 e. The zero-order valence-corrected chi connectivity index (χ0v) is 16.6. The van der Waals surface area contributed by atoms with Crippen LogP contribution in [0.3, 0.4) is 0 Å². The summed E-state index contributed by atoms with van der Waals surface area (Å²) in [5.74, 6) is 0.891. The third-order valence-electron chi connectivity index (χ3n) is 5.67. The number of fused-ring (bicyclic) bond motifs is 2. The summed E-state index contributed by atoms with van der Waals surface area (Å²) in [5, 5.41) is 0.674. The second kappa shape index (κ2) is 6.62. The molecule has 1 aromatic carbocycles. The van der Waals surface area contributed by atoms with Gasteiger partial charge < -0.3 is 0 Å². The Bertz CT molecular complexity index is 1260. The molecular formula is C24H22N4O. The average Bonchev–Trinajstić information content (AvgIpc) is 2.75. The predicted octanol–water partition coefficient (Wildman–Crippen LogP) is 4.49. The van der Waals surface area contributed by atoms with E-state index < -0.39 is 0 Å². The first kappa shape index (κ1) is 17.7. The van der Waals surface area contributed by atoms with Gasteiger partial charge in [-0.3, -0.25) is 19.3 Å². The van der Waals surface area contributed by atoms with Gasteiger partial charge >= 0.3 is 0 Å². The van der Waals surface area contributed by atoms with Crippen LogP contribution >= 0.6 is 0 Å². The first-order valence-electron chi connectivity index (χ1n) is 9.92. The summed E-state index contributed by atoms with van der Waals surface area (Å²) < 4.78 is 1.86. The first-order valence-corrected chi connectivity index (χ1v) is 9.92. The Balaban J connectivity index is 1.54. The summed E-state index contributed by atoms with van der Waals surface area (Å²) in [6, 6.07) is 15.7. The second-order valence-electron chi connectivity index (χ2n) is 8.46. The molecule has 0 bridgehead atoms. The lowest BCUT2D eigenvalue weighted by atomic mass is 9.85. The lowest BCUT2D eigenvalue weighted by molar-refractivity contribution is 0.240. The number of nitrogens with zero attached hydrogens (tertiary/aromatic N) is 4. The first-order chi connectivity index (χ1) is 14.0. The lowest BCUT2D eigenvalue weighted by Gasteiger charge is -2.31. The Morgan fingerprint density at radius 1 is 0.966 bits per heavy atom. The van der Waals surface area contributed by atoms with Crippen molar-refractivity contribution in [2.45, 2.75) is 33.2 Å². The number of aryl methyl sites for hydroxylation is 1. The molecule has 5 rings (SSSR count). The van der Waals surface area contributed by atoms with E-state index in [1.54, 1.807) is 6.20 Å². The molecule has 0 spiro atoms. The summed E-state index contributed by atoms with van der Waals surface area (Å²) in [6.45, 7) is 5.14. The molecule has 0 unspecified atom stereocenters. The molecule has 29 heavy (non-hydrogen) atoms. The molecular weight excluding hydrogens is 360 g/mol. The van der Waals surface area contributed by atoms with E-state index in [1.165, 1.54) is 0 Å². The van der Waals surface area contributed by atoms with Crippen LogP contribution in [0.15, 0.2) is 65.7 Å². The van der Waals surface area contributed by atoms with Crippen LogP contribution < -0.4 is 5.56 Å². The van der Waals surface area contributed by atoms with Gasteiger partial charge in [-0.1, -0.05) is 32.0 Å².